The van der Waals surface area contributed by atoms with Gasteiger partial charge in [-0.2, -0.15) is 0 Å². The van der Waals surface area contributed by atoms with Gasteiger partial charge < -0.3 is 9.88 Å². The van der Waals surface area contributed by atoms with Crippen LogP contribution < -0.4 is 5.32 Å². The third-order valence-electron chi connectivity index (χ3n) is 4.39. The fourth-order valence-corrected chi connectivity index (χ4v) is 3.45. The van der Waals surface area contributed by atoms with Crippen LogP contribution in [0.25, 0.3) is 11.0 Å². The van der Waals surface area contributed by atoms with Gasteiger partial charge in [-0.1, -0.05) is 12.8 Å². The van der Waals surface area contributed by atoms with Crippen molar-refractivity contribution in [2.45, 2.75) is 44.7 Å². The molecule has 0 saturated heterocycles. The highest BCUT2D eigenvalue weighted by Crippen LogP contribution is 2.35. The molecule has 0 radical (unpaired) electrons. The van der Waals surface area contributed by atoms with Gasteiger partial charge in [0.2, 0.25) is 0 Å². The molecule has 1 spiro atoms. The molecular formula is C14H16N4O. The van der Waals surface area contributed by atoms with Crippen LogP contribution in [0.15, 0.2) is 12.3 Å². The van der Waals surface area contributed by atoms with Crippen LogP contribution in [-0.2, 0) is 6.54 Å². The van der Waals surface area contributed by atoms with Gasteiger partial charge in [-0.05, 0) is 25.8 Å². The molecule has 1 fully saturated rings. The average molecular weight is 256 g/mol. The monoisotopic (exact) mass is 256 g/mol. The molecule has 1 aliphatic carbocycles. The van der Waals surface area contributed by atoms with Gasteiger partial charge in [0.1, 0.15) is 17.2 Å². The van der Waals surface area contributed by atoms with Gasteiger partial charge in [0.25, 0.3) is 5.91 Å². The molecule has 5 nitrogen and oxygen atoms in total. The number of carbonyl (C=O) groups is 1. The zero-order valence-electron chi connectivity index (χ0n) is 10.9. The number of rotatable bonds is 0. The SMILES string of the molecule is Cc1ncc2cc3n(c2n1)CC1(CCCC1)NC3=O. The van der Waals surface area contributed by atoms with Crippen molar-refractivity contribution in [1.82, 2.24) is 19.9 Å². The fourth-order valence-electron chi connectivity index (χ4n) is 3.45. The molecule has 2 aromatic heterocycles. The van der Waals surface area contributed by atoms with Gasteiger partial charge in [0, 0.05) is 18.1 Å². The number of fused-ring (bicyclic) bond motifs is 3. The molecule has 2 aliphatic rings. The Hall–Kier alpha value is -1.91. The Bertz CT molecular complexity index is 682. The number of aryl methyl sites for hydroxylation is 1. The Morgan fingerprint density at radius 1 is 1.37 bits per heavy atom. The van der Waals surface area contributed by atoms with Crippen molar-refractivity contribution >= 4 is 16.9 Å². The molecular weight excluding hydrogens is 240 g/mol. The van der Waals surface area contributed by atoms with E-state index >= 15 is 0 Å². The van der Waals surface area contributed by atoms with Crippen LogP contribution in [0, 0.1) is 6.92 Å². The molecule has 0 aromatic carbocycles. The minimum atomic E-state index is -0.0467. The predicted molar refractivity (Wildman–Crippen MR) is 70.9 cm³/mol. The van der Waals surface area contributed by atoms with Gasteiger partial charge in [-0.15, -0.1) is 0 Å². The summed E-state index contributed by atoms with van der Waals surface area (Å²) in [4.78, 5) is 21.0. The van der Waals surface area contributed by atoms with Crippen LogP contribution in [0.2, 0.25) is 0 Å². The van der Waals surface area contributed by atoms with Crippen molar-refractivity contribution in [1.29, 1.82) is 0 Å². The van der Waals surface area contributed by atoms with Crippen LogP contribution >= 0.6 is 0 Å². The Labute approximate surface area is 111 Å². The number of nitrogens with one attached hydrogen (secondary N) is 1. The maximum atomic E-state index is 12.3. The topological polar surface area (TPSA) is 59.8 Å². The lowest BCUT2D eigenvalue weighted by Gasteiger charge is -2.35. The lowest BCUT2D eigenvalue weighted by Crippen LogP contribution is -2.53. The number of hydrogen-bond donors (Lipinski definition) is 1. The summed E-state index contributed by atoms with van der Waals surface area (Å²) in [6, 6.07) is 1.89. The minimum Gasteiger partial charge on any atom is -0.344 e. The summed E-state index contributed by atoms with van der Waals surface area (Å²) >= 11 is 0. The highest BCUT2D eigenvalue weighted by molar-refractivity contribution is 5.99. The van der Waals surface area contributed by atoms with E-state index in [1.807, 2.05) is 13.0 Å². The smallest absolute Gasteiger partial charge is 0.268 e. The van der Waals surface area contributed by atoms with Gasteiger partial charge >= 0.3 is 0 Å². The molecule has 4 rings (SSSR count). The van der Waals surface area contributed by atoms with Crippen molar-refractivity contribution in [3.8, 4) is 0 Å². The molecule has 1 amide bonds. The van der Waals surface area contributed by atoms with E-state index in [4.69, 9.17) is 0 Å². The Balaban J connectivity index is 1.92. The van der Waals surface area contributed by atoms with Crippen molar-refractivity contribution in [3.63, 3.8) is 0 Å². The molecule has 98 valence electrons. The molecule has 3 heterocycles. The molecule has 1 aliphatic heterocycles. The summed E-state index contributed by atoms with van der Waals surface area (Å²) in [6.07, 6.45) is 6.34. The van der Waals surface area contributed by atoms with Crippen LogP contribution in [0.1, 0.15) is 42.0 Å². The first kappa shape index (κ1) is 11.0. The fraction of sp³-hybridized carbons (Fsp3) is 0.500. The Morgan fingerprint density at radius 3 is 2.95 bits per heavy atom. The molecule has 0 bridgehead atoms. The molecule has 0 unspecified atom stereocenters. The summed E-state index contributed by atoms with van der Waals surface area (Å²) in [5.74, 6) is 0.781. The average Bonchev–Trinajstić information content (AvgIpc) is 2.96. The standard InChI is InChI=1S/C14H16N4O/c1-9-15-7-10-6-11-13(19)17-14(4-2-3-5-14)8-18(11)12(10)16-9/h6-7H,2-5,8H2,1H3,(H,17,19). The first-order valence-corrected chi connectivity index (χ1v) is 6.82. The summed E-state index contributed by atoms with van der Waals surface area (Å²) in [5.41, 5.74) is 1.56. The third-order valence-corrected chi connectivity index (χ3v) is 4.39. The second-order valence-corrected chi connectivity index (χ2v) is 5.75. The lowest BCUT2D eigenvalue weighted by atomic mass is 9.95. The molecule has 2 aromatic rings. The number of amides is 1. The molecule has 5 heteroatoms. The van der Waals surface area contributed by atoms with Gasteiger partial charge in [-0.25, -0.2) is 9.97 Å². The van der Waals surface area contributed by atoms with Gasteiger partial charge in [0.15, 0.2) is 0 Å². The highest BCUT2D eigenvalue weighted by Gasteiger charge is 2.41. The molecule has 19 heavy (non-hydrogen) atoms. The third kappa shape index (κ3) is 1.50. The van der Waals surface area contributed by atoms with E-state index in [0.29, 0.717) is 5.69 Å². The Morgan fingerprint density at radius 2 is 2.16 bits per heavy atom. The highest BCUT2D eigenvalue weighted by atomic mass is 16.2. The summed E-state index contributed by atoms with van der Waals surface area (Å²) in [5, 5.41) is 4.17. The van der Waals surface area contributed by atoms with Crippen molar-refractivity contribution in [2.75, 3.05) is 0 Å². The first-order valence-electron chi connectivity index (χ1n) is 6.82. The number of hydrogen-bond acceptors (Lipinski definition) is 3. The van der Waals surface area contributed by atoms with Crippen molar-refractivity contribution < 1.29 is 4.79 Å². The van der Waals surface area contributed by atoms with E-state index in [2.05, 4.69) is 19.9 Å². The number of carbonyl (C=O) groups excluding carboxylic acids is 1. The van der Waals surface area contributed by atoms with E-state index in [1.165, 1.54) is 12.8 Å². The number of nitrogens with zero attached hydrogens (tertiary/aromatic N) is 3. The lowest BCUT2D eigenvalue weighted by molar-refractivity contribution is 0.0842. The van der Waals surface area contributed by atoms with Crippen LogP contribution in [0.3, 0.4) is 0 Å². The van der Waals surface area contributed by atoms with Crippen molar-refractivity contribution in [3.05, 3.63) is 23.8 Å². The van der Waals surface area contributed by atoms with Gasteiger partial charge in [0.05, 0.1) is 5.54 Å². The predicted octanol–water partition coefficient (Wildman–Crippen LogP) is 1.80. The molecule has 0 atom stereocenters. The quantitative estimate of drug-likeness (QED) is 0.781. The molecule has 1 N–H and O–H groups in total. The van der Waals surface area contributed by atoms with E-state index in [-0.39, 0.29) is 11.4 Å². The minimum absolute atomic E-state index is 0.0313. The molecule has 1 saturated carbocycles. The van der Waals surface area contributed by atoms with Crippen molar-refractivity contribution in [2.24, 2.45) is 0 Å². The normalized spacial score (nSPS) is 20.8. The summed E-state index contributed by atoms with van der Waals surface area (Å²) < 4.78 is 2.08. The zero-order valence-corrected chi connectivity index (χ0v) is 10.9. The largest absolute Gasteiger partial charge is 0.344 e. The van der Waals surface area contributed by atoms with E-state index in [1.54, 1.807) is 6.20 Å². The summed E-state index contributed by atoms with van der Waals surface area (Å²) in [6.45, 7) is 2.72. The van der Waals surface area contributed by atoms with Crippen LogP contribution in [-0.4, -0.2) is 26.0 Å². The van der Waals surface area contributed by atoms with E-state index < -0.39 is 0 Å². The Kier molecular flexibility index (Phi) is 2.05. The van der Waals surface area contributed by atoms with E-state index in [9.17, 15) is 4.79 Å². The van der Waals surface area contributed by atoms with Crippen LogP contribution in [0.4, 0.5) is 0 Å². The zero-order chi connectivity index (χ0) is 13.0. The van der Waals surface area contributed by atoms with Gasteiger partial charge in [-0.3, -0.25) is 4.79 Å². The summed E-state index contributed by atoms with van der Waals surface area (Å²) in [7, 11) is 0. The number of aromatic nitrogens is 3. The van der Waals surface area contributed by atoms with Crippen LogP contribution in [0.5, 0.6) is 0 Å². The second-order valence-electron chi connectivity index (χ2n) is 5.75. The first-order chi connectivity index (χ1) is 9.17. The maximum Gasteiger partial charge on any atom is 0.268 e. The van der Waals surface area contributed by atoms with E-state index in [0.717, 1.165) is 36.2 Å². The maximum absolute atomic E-state index is 12.3. The second kappa shape index (κ2) is 3.56.